The number of aromatic hydroxyl groups is 1. The van der Waals surface area contributed by atoms with Crippen LogP contribution in [0, 0.1) is 19.8 Å². The molecule has 2 N–H and O–H groups in total. The summed E-state index contributed by atoms with van der Waals surface area (Å²) in [4.78, 5) is 4.76. The Morgan fingerprint density at radius 2 is 1.73 bits per heavy atom. The van der Waals surface area contributed by atoms with E-state index in [9.17, 15) is 5.11 Å². The normalized spacial score (nSPS) is 11.0. The zero-order valence-corrected chi connectivity index (χ0v) is 15.9. The lowest BCUT2D eigenvalue weighted by Crippen LogP contribution is -2.09. The quantitative estimate of drug-likeness (QED) is 0.613. The van der Waals surface area contributed by atoms with Gasteiger partial charge in [0.15, 0.2) is 0 Å². The van der Waals surface area contributed by atoms with Crippen molar-refractivity contribution in [1.82, 2.24) is 4.98 Å². The number of rotatable bonds is 5. The molecule has 0 radical (unpaired) electrons. The molecule has 0 saturated carbocycles. The van der Waals surface area contributed by atoms with Crippen molar-refractivity contribution in [3.8, 4) is 28.1 Å². The van der Waals surface area contributed by atoms with Gasteiger partial charge in [-0.2, -0.15) is 0 Å². The van der Waals surface area contributed by atoms with Crippen molar-refractivity contribution in [3.63, 3.8) is 0 Å². The third-order valence-electron chi connectivity index (χ3n) is 4.40. The summed E-state index contributed by atoms with van der Waals surface area (Å²) in [6, 6.07) is 18.1. The minimum Gasteiger partial charge on any atom is -0.507 e. The highest BCUT2D eigenvalue weighted by Gasteiger charge is 2.12. The largest absolute Gasteiger partial charge is 0.507 e. The molecular weight excluding hydrogens is 320 g/mol. The van der Waals surface area contributed by atoms with E-state index in [2.05, 4.69) is 50.4 Å². The number of nitrogens with one attached hydrogen (secondary N) is 1. The van der Waals surface area contributed by atoms with E-state index in [0.717, 1.165) is 34.7 Å². The average Bonchev–Trinajstić information content (AvgIpc) is 2.62. The van der Waals surface area contributed by atoms with E-state index in [4.69, 9.17) is 4.98 Å². The molecule has 0 unspecified atom stereocenters. The summed E-state index contributed by atoms with van der Waals surface area (Å²) in [6.07, 6.45) is 0. The van der Waals surface area contributed by atoms with E-state index < -0.39 is 0 Å². The standard InChI is InChI=1S/C23H26N2O/c1-15(2)14-24-23-13-18(19-8-6-5-7-17(19)4)12-21(25-23)20-11-16(3)9-10-22(20)26/h5-13,15,26H,14H2,1-4H3,(H,24,25). The molecule has 26 heavy (non-hydrogen) atoms. The van der Waals surface area contributed by atoms with Gasteiger partial charge in [-0.1, -0.05) is 49.7 Å². The molecule has 3 heteroatoms. The van der Waals surface area contributed by atoms with Crippen molar-refractivity contribution in [3.05, 3.63) is 65.7 Å². The van der Waals surface area contributed by atoms with Gasteiger partial charge in [0.05, 0.1) is 5.69 Å². The van der Waals surface area contributed by atoms with Crippen molar-refractivity contribution in [1.29, 1.82) is 0 Å². The smallest absolute Gasteiger partial charge is 0.127 e. The molecule has 0 aliphatic carbocycles. The van der Waals surface area contributed by atoms with Crippen LogP contribution in [0.2, 0.25) is 0 Å². The number of phenolic OH excluding ortho intramolecular Hbond substituents is 1. The van der Waals surface area contributed by atoms with Gasteiger partial charge < -0.3 is 10.4 Å². The first-order valence-electron chi connectivity index (χ1n) is 9.06. The zero-order valence-electron chi connectivity index (χ0n) is 15.9. The number of hydrogen-bond donors (Lipinski definition) is 2. The predicted molar refractivity (Wildman–Crippen MR) is 110 cm³/mol. The van der Waals surface area contributed by atoms with Crippen LogP contribution in [-0.2, 0) is 0 Å². The molecule has 0 spiro atoms. The molecule has 3 rings (SSSR count). The highest BCUT2D eigenvalue weighted by Crippen LogP contribution is 2.34. The fourth-order valence-electron chi connectivity index (χ4n) is 2.98. The lowest BCUT2D eigenvalue weighted by molar-refractivity contribution is 0.477. The Hall–Kier alpha value is -2.81. The van der Waals surface area contributed by atoms with Gasteiger partial charge in [-0.05, 0) is 60.7 Å². The molecular formula is C23H26N2O. The van der Waals surface area contributed by atoms with Gasteiger partial charge >= 0.3 is 0 Å². The maximum absolute atomic E-state index is 10.4. The summed E-state index contributed by atoms with van der Waals surface area (Å²) >= 11 is 0. The third kappa shape index (κ3) is 4.05. The van der Waals surface area contributed by atoms with Crippen molar-refractivity contribution in [2.24, 2.45) is 5.92 Å². The number of phenols is 1. The van der Waals surface area contributed by atoms with E-state index in [1.165, 1.54) is 11.1 Å². The Balaban J connectivity index is 2.14. The number of nitrogens with zero attached hydrogens (tertiary/aromatic N) is 1. The minimum absolute atomic E-state index is 0.250. The average molecular weight is 346 g/mol. The fourth-order valence-corrected chi connectivity index (χ4v) is 2.98. The van der Waals surface area contributed by atoms with Crippen molar-refractivity contribution < 1.29 is 5.11 Å². The number of pyridine rings is 1. The number of anilines is 1. The molecule has 0 aliphatic rings. The van der Waals surface area contributed by atoms with Gasteiger partial charge in [-0.25, -0.2) is 4.98 Å². The molecule has 0 saturated heterocycles. The fraction of sp³-hybridized carbons (Fsp3) is 0.261. The Labute approximate surface area is 155 Å². The van der Waals surface area contributed by atoms with E-state index in [0.29, 0.717) is 5.92 Å². The molecule has 2 aromatic carbocycles. The Bertz CT molecular complexity index is 916. The van der Waals surface area contributed by atoms with Gasteiger partial charge in [-0.15, -0.1) is 0 Å². The number of hydrogen-bond acceptors (Lipinski definition) is 3. The summed E-state index contributed by atoms with van der Waals surface area (Å²) in [5.41, 5.74) is 6.12. The van der Waals surface area contributed by atoms with Crippen molar-refractivity contribution in [2.75, 3.05) is 11.9 Å². The van der Waals surface area contributed by atoms with Gasteiger partial charge in [-0.3, -0.25) is 0 Å². The lowest BCUT2D eigenvalue weighted by Gasteiger charge is -2.14. The highest BCUT2D eigenvalue weighted by molar-refractivity contribution is 5.77. The Kier molecular flexibility index (Phi) is 5.27. The van der Waals surface area contributed by atoms with Crippen LogP contribution in [0.1, 0.15) is 25.0 Å². The van der Waals surface area contributed by atoms with Gasteiger partial charge in [0.2, 0.25) is 0 Å². The topological polar surface area (TPSA) is 45.1 Å². The van der Waals surface area contributed by atoms with Crippen LogP contribution >= 0.6 is 0 Å². The third-order valence-corrected chi connectivity index (χ3v) is 4.40. The molecule has 0 aliphatic heterocycles. The Morgan fingerprint density at radius 3 is 2.46 bits per heavy atom. The van der Waals surface area contributed by atoms with Crippen LogP contribution in [-0.4, -0.2) is 16.6 Å². The maximum atomic E-state index is 10.4. The summed E-state index contributed by atoms with van der Waals surface area (Å²) in [6.45, 7) is 9.33. The zero-order chi connectivity index (χ0) is 18.7. The molecule has 1 heterocycles. The number of aryl methyl sites for hydroxylation is 2. The monoisotopic (exact) mass is 346 g/mol. The summed E-state index contributed by atoms with van der Waals surface area (Å²) in [5.74, 6) is 1.60. The summed E-state index contributed by atoms with van der Waals surface area (Å²) < 4.78 is 0. The van der Waals surface area contributed by atoms with E-state index in [-0.39, 0.29) is 5.75 Å². The number of benzene rings is 2. The van der Waals surface area contributed by atoms with Gasteiger partial charge in [0, 0.05) is 12.1 Å². The van der Waals surface area contributed by atoms with Gasteiger partial charge in [0.1, 0.15) is 11.6 Å². The van der Waals surface area contributed by atoms with Crippen LogP contribution in [0.25, 0.3) is 22.4 Å². The van der Waals surface area contributed by atoms with Crippen LogP contribution < -0.4 is 5.32 Å². The van der Waals surface area contributed by atoms with Crippen molar-refractivity contribution in [2.45, 2.75) is 27.7 Å². The molecule has 0 bridgehead atoms. The molecule has 3 nitrogen and oxygen atoms in total. The van der Waals surface area contributed by atoms with Crippen LogP contribution in [0.4, 0.5) is 5.82 Å². The Morgan fingerprint density at radius 1 is 0.962 bits per heavy atom. The van der Waals surface area contributed by atoms with Gasteiger partial charge in [0.25, 0.3) is 0 Å². The molecule has 3 aromatic rings. The van der Waals surface area contributed by atoms with E-state index >= 15 is 0 Å². The summed E-state index contributed by atoms with van der Waals surface area (Å²) in [5, 5.41) is 13.8. The molecule has 134 valence electrons. The second kappa shape index (κ2) is 7.61. The van der Waals surface area contributed by atoms with Crippen LogP contribution in [0.15, 0.2) is 54.6 Å². The second-order valence-electron chi connectivity index (χ2n) is 7.24. The number of aromatic nitrogens is 1. The van der Waals surface area contributed by atoms with Crippen LogP contribution in [0.3, 0.4) is 0 Å². The first-order chi connectivity index (χ1) is 12.4. The second-order valence-corrected chi connectivity index (χ2v) is 7.24. The molecule has 0 fully saturated rings. The maximum Gasteiger partial charge on any atom is 0.127 e. The lowest BCUT2D eigenvalue weighted by atomic mass is 9.98. The highest BCUT2D eigenvalue weighted by atomic mass is 16.3. The molecule has 0 atom stereocenters. The SMILES string of the molecule is Cc1ccc(O)c(-c2cc(-c3ccccc3C)cc(NCC(C)C)n2)c1. The van der Waals surface area contributed by atoms with Crippen molar-refractivity contribution >= 4 is 5.82 Å². The van der Waals surface area contributed by atoms with E-state index in [1.807, 2.05) is 31.2 Å². The first-order valence-corrected chi connectivity index (χ1v) is 9.06. The van der Waals surface area contributed by atoms with Crippen LogP contribution in [0.5, 0.6) is 5.75 Å². The minimum atomic E-state index is 0.250. The summed E-state index contributed by atoms with van der Waals surface area (Å²) in [7, 11) is 0. The van der Waals surface area contributed by atoms with E-state index in [1.54, 1.807) is 6.07 Å². The molecule has 0 amide bonds. The predicted octanol–water partition coefficient (Wildman–Crippen LogP) is 5.81. The molecule has 1 aromatic heterocycles. The first kappa shape index (κ1) is 18.0.